The van der Waals surface area contributed by atoms with Crippen LogP contribution in [0.3, 0.4) is 0 Å². The Morgan fingerprint density at radius 1 is 1.14 bits per heavy atom. The Kier molecular flexibility index (Phi) is 7.18. The number of halogens is 2. The summed E-state index contributed by atoms with van der Waals surface area (Å²) in [4.78, 5) is 3.35. The van der Waals surface area contributed by atoms with Crippen LogP contribution in [-0.2, 0) is 0 Å². The molecule has 0 radical (unpaired) electrons. The van der Waals surface area contributed by atoms with Gasteiger partial charge in [0.1, 0.15) is 26.2 Å². The zero-order valence-electron chi connectivity index (χ0n) is 12.8. The van der Waals surface area contributed by atoms with Crippen LogP contribution in [-0.4, -0.2) is 51.4 Å². The van der Waals surface area contributed by atoms with Crippen molar-refractivity contribution in [2.75, 3.05) is 51.6 Å². The van der Waals surface area contributed by atoms with Crippen molar-refractivity contribution < 1.29 is 9.80 Å². The first kappa shape index (κ1) is 17.8. The third-order valence-electron chi connectivity index (χ3n) is 3.92. The van der Waals surface area contributed by atoms with E-state index in [4.69, 9.17) is 35.4 Å². The summed E-state index contributed by atoms with van der Waals surface area (Å²) in [5.41, 5.74) is 0.808. The van der Waals surface area contributed by atoms with Gasteiger partial charge in [-0.2, -0.15) is 0 Å². The first-order valence-electron chi connectivity index (χ1n) is 7.69. The molecule has 1 heterocycles. The molecule has 0 saturated carbocycles. The Hall–Kier alpha value is -0.590. The molecule has 1 aromatic rings. The van der Waals surface area contributed by atoms with E-state index in [2.05, 4.69) is 17.7 Å². The number of benzene rings is 1. The van der Waals surface area contributed by atoms with Gasteiger partial charge in [0.25, 0.3) is 0 Å². The smallest absolute Gasteiger partial charge is 0.170 e. The van der Waals surface area contributed by atoms with Crippen LogP contribution < -0.4 is 20.4 Å². The van der Waals surface area contributed by atoms with E-state index in [1.54, 1.807) is 28.0 Å². The Labute approximate surface area is 147 Å². The van der Waals surface area contributed by atoms with Crippen molar-refractivity contribution in [1.82, 2.24) is 5.32 Å². The van der Waals surface area contributed by atoms with E-state index >= 15 is 0 Å². The molecule has 4 N–H and O–H groups in total. The maximum absolute atomic E-state index is 5.96. The molecule has 0 aliphatic carbocycles. The summed E-state index contributed by atoms with van der Waals surface area (Å²) in [7, 11) is 2.27. The van der Waals surface area contributed by atoms with E-state index in [1.807, 2.05) is 0 Å². The second-order valence-corrected chi connectivity index (χ2v) is 7.13. The molecular formula is C15H24Cl2N4S+2. The number of rotatable bonds is 5. The van der Waals surface area contributed by atoms with Crippen LogP contribution in [0.15, 0.2) is 18.2 Å². The van der Waals surface area contributed by atoms with E-state index in [9.17, 15) is 0 Å². The second kappa shape index (κ2) is 8.89. The van der Waals surface area contributed by atoms with Gasteiger partial charge in [-0.1, -0.05) is 23.2 Å². The average molecular weight is 363 g/mol. The molecule has 0 spiro atoms. The average Bonchev–Trinajstić information content (AvgIpc) is 2.44. The van der Waals surface area contributed by atoms with Gasteiger partial charge in [0.2, 0.25) is 0 Å². The molecule has 4 nitrogen and oxygen atoms in total. The number of likely N-dealkylation sites (N-methyl/N-ethyl adjacent to an activating group) is 1. The van der Waals surface area contributed by atoms with E-state index in [0.29, 0.717) is 15.2 Å². The molecule has 22 heavy (non-hydrogen) atoms. The highest BCUT2D eigenvalue weighted by atomic mass is 35.5. The third-order valence-corrected chi connectivity index (χ3v) is 4.61. The molecule has 0 unspecified atom stereocenters. The fourth-order valence-electron chi connectivity index (χ4n) is 2.62. The van der Waals surface area contributed by atoms with Gasteiger partial charge in [0.15, 0.2) is 5.11 Å². The summed E-state index contributed by atoms with van der Waals surface area (Å²) in [5, 5.41) is 8.14. The minimum atomic E-state index is 0.596. The van der Waals surface area contributed by atoms with Crippen LogP contribution in [0.2, 0.25) is 10.0 Å². The van der Waals surface area contributed by atoms with E-state index in [-0.39, 0.29) is 0 Å². The summed E-state index contributed by atoms with van der Waals surface area (Å²) in [6, 6.07) is 5.31. The molecule has 0 amide bonds. The Balaban J connectivity index is 1.63. The van der Waals surface area contributed by atoms with E-state index in [0.717, 1.165) is 18.7 Å². The van der Waals surface area contributed by atoms with Crippen molar-refractivity contribution in [3.05, 3.63) is 28.2 Å². The van der Waals surface area contributed by atoms with Crippen LogP contribution in [0.25, 0.3) is 0 Å². The Bertz CT molecular complexity index is 484. The highest BCUT2D eigenvalue weighted by molar-refractivity contribution is 7.80. The zero-order valence-corrected chi connectivity index (χ0v) is 15.2. The predicted molar refractivity (Wildman–Crippen MR) is 97.5 cm³/mol. The number of anilines is 1. The van der Waals surface area contributed by atoms with Crippen molar-refractivity contribution in [3.63, 3.8) is 0 Å². The molecule has 122 valence electrons. The molecule has 0 aromatic heterocycles. The predicted octanol–water partition coefficient (Wildman–Crippen LogP) is 0.0831. The second-order valence-electron chi connectivity index (χ2n) is 5.85. The first-order chi connectivity index (χ1) is 10.5. The number of hydrogen-bond acceptors (Lipinski definition) is 1. The molecule has 1 aromatic carbocycles. The zero-order chi connectivity index (χ0) is 15.9. The highest BCUT2D eigenvalue weighted by Crippen LogP contribution is 2.22. The Morgan fingerprint density at radius 3 is 2.41 bits per heavy atom. The van der Waals surface area contributed by atoms with Crippen LogP contribution in [0.1, 0.15) is 6.42 Å². The molecular weight excluding hydrogens is 339 g/mol. The first-order valence-corrected chi connectivity index (χ1v) is 8.85. The lowest BCUT2D eigenvalue weighted by Crippen LogP contribution is -3.27. The van der Waals surface area contributed by atoms with Crippen LogP contribution >= 0.6 is 35.4 Å². The van der Waals surface area contributed by atoms with Crippen LogP contribution in [0.5, 0.6) is 0 Å². The minimum absolute atomic E-state index is 0.596. The minimum Gasteiger partial charge on any atom is -0.362 e. The van der Waals surface area contributed by atoms with Gasteiger partial charge in [-0.05, 0) is 30.4 Å². The van der Waals surface area contributed by atoms with E-state index < -0.39 is 0 Å². The lowest BCUT2D eigenvalue weighted by Gasteiger charge is -2.27. The normalized spacial score (nSPS) is 21.4. The quantitative estimate of drug-likeness (QED) is 0.442. The summed E-state index contributed by atoms with van der Waals surface area (Å²) in [6.07, 6.45) is 1.12. The molecule has 1 aliphatic rings. The lowest BCUT2D eigenvalue weighted by molar-refractivity contribution is -1.00. The standard InChI is InChI=1S/C15H22Cl2N4S/c1-20-5-7-21(8-6-20)4-2-3-18-15(22)19-14-10-12(16)9-13(17)11-14/h9-11H,2-8H2,1H3,(H2,18,19,22)/p+2. The SMILES string of the molecule is C[NH+]1CC[NH+](CCCNC(=S)Nc2cc(Cl)cc(Cl)c2)CC1. The van der Waals surface area contributed by atoms with Crippen LogP contribution in [0.4, 0.5) is 5.69 Å². The Morgan fingerprint density at radius 2 is 1.77 bits per heavy atom. The van der Waals surface area contributed by atoms with Crippen molar-refractivity contribution in [2.24, 2.45) is 0 Å². The summed E-state index contributed by atoms with van der Waals surface area (Å²) < 4.78 is 0. The van der Waals surface area contributed by atoms with Gasteiger partial charge < -0.3 is 20.4 Å². The van der Waals surface area contributed by atoms with Crippen molar-refractivity contribution >= 4 is 46.2 Å². The molecule has 1 fully saturated rings. The monoisotopic (exact) mass is 362 g/mol. The molecule has 1 saturated heterocycles. The largest absolute Gasteiger partial charge is 0.362 e. The van der Waals surface area contributed by atoms with Crippen molar-refractivity contribution in [1.29, 1.82) is 0 Å². The molecule has 0 atom stereocenters. The molecule has 7 heteroatoms. The maximum Gasteiger partial charge on any atom is 0.170 e. The number of hydrogen-bond donors (Lipinski definition) is 4. The van der Waals surface area contributed by atoms with Gasteiger partial charge in [-0.3, -0.25) is 0 Å². The lowest BCUT2D eigenvalue weighted by atomic mass is 10.3. The number of nitrogens with one attached hydrogen (secondary N) is 4. The van der Waals surface area contributed by atoms with Crippen molar-refractivity contribution in [3.8, 4) is 0 Å². The van der Waals surface area contributed by atoms with Gasteiger partial charge >= 0.3 is 0 Å². The molecule has 0 bridgehead atoms. The summed E-state index contributed by atoms with van der Waals surface area (Å²) in [6.45, 7) is 7.18. The van der Waals surface area contributed by atoms with Gasteiger partial charge in [0, 0.05) is 28.7 Å². The number of quaternary nitrogens is 2. The fraction of sp³-hybridized carbons (Fsp3) is 0.533. The number of thiocarbonyl (C=S) groups is 1. The fourth-order valence-corrected chi connectivity index (χ4v) is 3.37. The van der Waals surface area contributed by atoms with Crippen molar-refractivity contribution in [2.45, 2.75) is 6.42 Å². The van der Waals surface area contributed by atoms with Gasteiger partial charge in [-0.15, -0.1) is 0 Å². The molecule has 2 rings (SSSR count). The van der Waals surface area contributed by atoms with E-state index in [1.165, 1.54) is 32.7 Å². The van der Waals surface area contributed by atoms with Gasteiger partial charge in [-0.25, -0.2) is 0 Å². The summed E-state index contributed by atoms with van der Waals surface area (Å²) >= 11 is 17.2. The van der Waals surface area contributed by atoms with Gasteiger partial charge in [0.05, 0.1) is 13.6 Å². The maximum atomic E-state index is 5.96. The highest BCUT2D eigenvalue weighted by Gasteiger charge is 2.18. The van der Waals surface area contributed by atoms with Crippen LogP contribution in [0, 0.1) is 0 Å². The third kappa shape index (κ3) is 6.26. The number of piperazine rings is 1. The topological polar surface area (TPSA) is 32.9 Å². The summed E-state index contributed by atoms with van der Waals surface area (Å²) in [5.74, 6) is 0. The molecule has 1 aliphatic heterocycles.